The highest BCUT2D eigenvalue weighted by molar-refractivity contribution is 5.89. The van der Waals surface area contributed by atoms with Crippen LogP contribution in [0.2, 0.25) is 0 Å². The Morgan fingerprint density at radius 1 is 1.15 bits per heavy atom. The van der Waals surface area contributed by atoms with Gasteiger partial charge in [-0.1, -0.05) is 18.2 Å². The number of nitrogens with one attached hydrogen (secondary N) is 1. The van der Waals surface area contributed by atoms with Crippen molar-refractivity contribution in [3.05, 3.63) is 65.2 Å². The molecule has 2 aromatic rings. The fraction of sp³-hybridized carbons (Fsp3) is 0.133. The minimum Gasteiger partial charge on any atom is -0.465 e. The number of para-hydroxylation sites is 1. The lowest BCUT2D eigenvalue weighted by molar-refractivity contribution is 0.0600. The van der Waals surface area contributed by atoms with E-state index in [0.717, 1.165) is 6.07 Å². The maximum atomic E-state index is 13.8. The molecule has 0 aromatic heterocycles. The zero-order valence-corrected chi connectivity index (χ0v) is 10.8. The number of carbonyl (C=O) groups is 1. The van der Waals surface area contributed by atoms with Crippen LogP contribution in [0.4, 0.5) is 14.5 Å². The molecule has 2 rings (SSSR count). The second kappa shape index (κ2) is 6.14. The van der Waals surface area contributed by atoms with Crippen LogP contribution in [0.5, 0.6) is 0 Å². The summed E-state index contributed by atoms with van der Waals surface area (Å²) in [4.78, 5) is 11.2. The Balaban J connectivity index is 2.11. The number of benzene rings is 2. The lowest BCUT2D eigenvalue weighted by atomic mass is 10.1. The van der Waals surface area contributed by atoms with E-state index in [-0.39, 0.29) is 12.1 Å². The molecule has 0 unspecified atom stereocenters. The van der Waals surface area contributed by atoms with Gasteiger partial charge in [0.15, 0.2) is 0 Å². The second-order valence-corrected chi connectivity index (χ2v) is 4.13. The van der Waals surface area contributed by atoms with Crippen molar-refractivity contribution in [3.63, 3.8) is 0 Å². The third kappa shape index (κ3) is 3.12. The summed E-state index contributed by atoms with van der Waals surface area (Å²) in [6, 6.07) is 10.2. The van der Waals surface area contributed by atoms with Crippen molar-refractivity contribution in [1.82, 2.24) is 0 Å². The van der Waals surface area contributed by atoms with Crippen molar-refractivity contribution in [2.24, 2.45) is 0 Å². The molecule has 1 N–H and O–H groups in total. The van der Waals surface area contributed by atoms with Gasteiger partial charge in [-0.15, -0.1) is 0 Å². The van der Waals surface area contributed by atoms with Gasteiger partial charge in [-0.25, -0.2) is 13.6 Å². The molecule has 2 aromatic carbocycles. The fourth-order valence-electron chi connectivity index (χ4n) is 1.73. The summed E-state index contributed by atoms with van der Waals surface area (Å²) in [7, 11) is 1.23. The van der Waals surface area contributed by atoms with E-state index in [1.807, 2.05) is 0 Å². The molecule has 3 nitrogen and oxygen atoms in total. The SMILES string of the molecule is COC(=O)c1ccc(CNc2ccccc2F)c(F)c1. The molecule has 0 fully saturated rings. The van der Waals surface area contributed by atoms with Crippen LogP contribution in [0, 0.1) is 11.6 Å². The standard InChI is InChI=1S/C15H13F2NO2/c1-20-15(19)10-6-7-11(13(17)8-10)9-18-14-5-3-2-4-12(14)16/h2-8,18H,9H2,1H3. The summed E-state index contributed by atoms with van der Waals surface area (Å²) >= 11 is 0. The van der Waals surface area contributed by atoms with E-state index >= 15 is 0 Å². The summed E-state index contributed by atoms with van der Waals surface area (Å²) in [5.74, 6) is -1.55. The molecule has 5 heteroatoms. The van der Waals surface area contributed by atoms with Gasteiger partial charge in [0.05, 0.1) is 18.4 Å². The molecule has 0 bridgehead atoms. The zero-order valence-electron chi connectivity index (χ0n) is 10.8. The number of halogens is 2. The van der Waals surface area contributed by atoms with Crippen molar-refractivity contribution < 1.29 is 18.3 Å². The average Bonchev–Trinajstić information content (AvgIpc) is 2.46. The lowest BCUT2D eigenvalue weighted by Crippen LogP contribution is -2.06. The maximum Gasteiger partial charge on any atom is 0.337 e. The van der Waals surface area contributed by atoms with E-state index in [4.69, 9.17) is 0 Å². The maximum absolute atomic E-state index is 13.8. The third-order valence-electron chi connectivity index (χ3n) is 2.82. The minimum absolute atomic E-state index is 0.119. The van der Waals surface area contributed by atoms with Crippen LogP contribution < -0.4 is 5.32 Å². The van der Waals surface area contributed by atoms with E-state index in [2.05, 4.69) is 10.1 Å². The molecule has 0 saturated carbocycles. The van der Waals surface area contributed by atoms with Crippen LogP contribution >= 0.6 is 0 Å². The van der Waals surface area contributed by atoms with Gasteiger partial charge in [0.1, 0.15) is 11.6 Å². The molecule has 20 heavy (non-hydrogen) atoms. The van der Waals surface area contributed by atoms with E-state index in [9.17, 15) is 13.6 Å². The van der Waals surface area contributed by atoms with Gasteiger partial charge < -0.3 is 10.1 Å². The third-order valence-corrected chi connectivity index (χ3v) is 2.82. The lowest BCUT2D eigenvalue weighted by Gasteiger charge is -2.09. The molecule has 104 valence electrons. The highest BCUT2D eigenvalue weighted by atomic mass is 19.1. The van der Waals surface area contributed by atoms with Gasteiger partial charge in [-0.3, -0.25) is 0 Å². The van der Waals surface area contributed by atoms with Gasteiger partial charge in [0, 0.05) is 12.1 Å². The van der Waals surface area contributed by atoms with Gasteiger partial charge in [-0.2, -0.15) is 0 Å². The molecular weight excluding hydrogens is 264 g/mol. The average molecular weight is 277 g/mol. The number of esters is 1. The molecule has 0 amide bonds. The molecule has 0 heterocycles. The van der Waals surface area contributed by atoms with Gasteiger partial charge in [0.2, 0.25) is 0 Å². The number of anilines is 1. The van der Waals surface area contributed by atoms with E-state index in [1.165, 1.54) is 25.3 Å². The number of hydrogen-bond donors (Lipinski definition) is 1. The molecule has 0 radical (unpaired) electrons. The Labute approximate surface area is 115 Å². The Bertz CT molecular complexity index is 629. The van der Waals surface area contributed by atoms with E-state index < -0.39 is 17.6 Å². The van der Waals surface area contributed by atoms with E-state index in [0.29, 0.717) is 11.3 Å². The van der Waals surface area contributed by atoms with Crippen molar-refractivity contribution in [3.8, 4) is 0 Å². The number of carbonyl (C=O) groups excluding carboxylic acids is 1. The van der Waals surface area contributed by atoms with Gasteiger partial charge in [0.25, 0.3) is 0 Å². The van der Waals surface area contributed by atoms with Crippen LogP contribution in [-0.2, 0) is 11.3 Å². The normalized spacial score (nSPS) is 10.2. The molecule has 0 aliphatic rings. The quantitative estimate of drug-likeness (QED) is 0.871. The summed E-state index contributed by atoms with van der Waals surface area (Å²) in [6.45, 7) is 0.119. The fourth-order valence-corrected chi connectivity index (χ4v) is 1.73. The molecule has 0 aliphatic heterocycles. The van der Waals surface area contributed by atoms with Crippen molar-refractivity contribution in [2.75, 3.05) is 12.4 Å². The monoisotopic (exact) mass is 277 g/mol. The van der Waals surface area contributed by atoms with Crippen LogP contribution in [0.1, 0.15) is 15.9 Å². The number of methoxy groups -OCH3 is 1. The second-order valence-electron chi connectivity index (χ2n) is 4.13. The number of ether oxygens (including phenoxy) is 1. The van der Waals surface area contributed by atoms with E-state index in [1.54, 1.807) is 18.2 Å². The molecule has 0 saturated heterocycles. The summed E-state index contributed by atoms with van der Waals surface area (Å²) in [5.41, 5.74) is 0.768. The first-order valence-electron chi connectivity index (χ1n) is 5.97. The van der Waals surface area contributed by atoms with Crippen LogP contribution in [0.15, 0.2) is 42.5 Å². The molecule has 0 spiro atoms. The topological polar surface area (TPSA) is 38.3 Å². The van der Waals surface area contributed by atoms with Crippen molar-refractivity contribution in [2.45, 2.75) is 6.54 Å². The predicted octanol–water partition coefficient (Wildman–Crippen LogP) is 3.36. The summed E-state index contributed by atoms with van der Waals surface area (Å²) in [5, 5.41) is 2.80. The van der Waals surface area contributed by atoms with Crippen LogP contribution in [0.3, 0.4) is 0 Å². The summed E-state index contributed by atoms with van der Waals surface area (Å²) < 4.78 is 31.7. The van der Waals surface area contributed by atoms with Gasteiger partial charge >= 0.3 is 5.97 Å². The summed E-state index contributed by atoms with van der Waals surface area (Å²) in [6.07, 6.45) is 0. The highest BCUT2D eigenvalue weighted by Crippen LogP contribution is 2.16. The Morgan fingerprint density at radius 3 is 2.55 bits per heavy atom. The smallest absolute Gasteiger partial charge is 0.337 e. The molecular formula is C15H13F2NO2. The predicted molar refractivity (Wildman–Crippen MR) is 71.5 cm³/mol. The van der Waals surface area contributed by atoms with Crippen molar-refractivity contribution >= 4 is 11.7 Å². The Kier molecular flexibility index (Phi) is 4.30. The Hall–Kier alpha value is -2.43. The van der Waals surface area contributed by atoms with Crippen LogP contribution in [-0.4, -0.2) is 13.1 Å². The molecule has 0 atom stereocenters. The number of rotatable bonds is 4. The highest BCUT2D eigenvalue weighted by Gasteiger charge is 2.10. The van der Waals surface area contributed by atoms with Crippen LogP contribution in [0.25, 0.3) is 0 Å². The minimum atomic E-state index is -0.600. The first kappa shape index (κ1) is 14.0. The zero-order chi connectivity index (χ0) is 14.5. The van der Waals surface area contributed by atoms with Crippen molar-refractivity contribution in [1.29, 1.82) is 0 Å². The molecule has 0 aliphatic carbocycles. The largest absolute Gasteiger partial charge is 0.465 e. The number of hydrogen-bond acceptors (Lipinski definition) is 3. The first-order valence-corrected chi connectivity index (χ1v) is 5.97. The first-order chi connectivity index (χ1) is 9.61. The van der Waals surface area contributed by atoms with Gasteiger partial charge in [-0.05, 0) is 24.3 Å². The Morgan fingerprint density at radius 2 is 1.90 bits per heavy atom.